The van der Waals surface area contributed by atoms with E-state index in [1.165, 1.54) is 0 Å². The van der Waals surface area contributed by atoms with Crippen LogP contribution < -0.4 is 0 Å². The fraction of sp³-hybridized carbons (Fsp3) is 1.00. The first kappa shape index (κ1) is 10.1. The van der Waals surface area contributed by atoms with Crippen molar-refractivity contribution in [2.45, 2.75) is 50.1 Å². The Morgan fingerprint density at radius 1 is 1.27 bits per heavy atom. The van der Waals surface area contributed by atoms with Crippen molar-refractivity contribution in [3.05, 3.63) is 0 Å². The van der Waals surface area contributed by atoms with Gasteiger partial charge >= 0.3 is 0 Å². The lowest BCUT2D eigenvalue weighted by molar-refractivity contribution is 0.264. The summed E-state index contributed by atoms with van der Waals surface area (Å²) in [5.41, 5.74) is 0. The van der Waals surface area contributed by atoms with E-state index in [0.717, 1.165) is 25.7 Å². The Kier molecular flexibility index (Phi) is 2.15. The van der Waals surface area contributed by atoms with Crippen LogP contribution in [0.4, 0.5) is 0 Å². The molecule has 2 aliphatic carbocycles. The molecule has 1 heterocycles. The van der Waals surface area contributed by atoms with Gasteiger partial charge < -0.3 is 4.74 Å². The van der Waals surface area contributed by atoms with Crippen molar-refractivity contribution in [3.63, 3.8) is 0 Å². The highest BCUT2D eigenvalue weighted by Crippen LogP contribution is 2.58. The zero-order chi connectivity index (χ0) is 10.6. The summed E-state index contributed by atoms with van der Waals surface area (Å²) in [4.78, 5) is 0. The molecule has 1 saturated heterocycles. The molecule has 5 unspecified atom stereocenters. The maximum absolute atomic E-state index is 12.1. The van der Waals surface area contributed by atoms with Gasteiger partial charge in [0.25, 0.3) is 0 Å². The predicted molar refractivity (Wildman–Crippen MR) is 57.4 cm³/mol. The summed E-state index contributed by atoms with van der Waals surface area (Å²) in [6.45, 7) is 2.04. The van der Waals surface area contributed by atoms with E-state index in [4.69, 9.17) is 4.74 Å². The van der Waals surface area contributed by atoms with Crippen LogP contribution in [-0.4, -0.2) is 31.6 Å². The molecule has 0 aromatic rings. The fourth-order valence-corrected chi connectivity index (χ4v) is 5.79. The van der Waals surface area contributed by atoms with E-state index in [9.17, 15) is 8.42 Å². The topological polar surface area (TPSA) is 46.7 Å². The van der Waals surface area contributed by atoms with Crippen LogP contribution in [0, 0.1) is 11.8 Å². The highest BCUT2D eigenvalue weighted by molar-refractivity contribution is 7.92. The summed E-state index contributed by atoms with van der Waals surface area (Å²) < 4.78 is 29.7. The third kappa shape index (κ3) is 1.45. The van der Waals surface area contributed by atoms with Crippen molar-refractivity contribution in [2.75, 3.05) is 5.75 Å². The van der Waals surface area contributed by atoms with Crippen molar-refractivity contribution in [3.8, 4) is 0 Å². The molecule has 0 spiro atoms. The first-order valence-electron chi connectivity index (χ1n) is 6.00. The van der Waals surface area contributed by atoms with E-state index in [2.05, 4.69) is 0 Å². The minimum Gasteiger partial charge on any atom is -0.369 e. The van der Waals surface area contributed by atoms with Gasteiger partial charge in [-0.1, -0.05) is 13.3 Å². The Morgan fingerprint density at radius 3 is 2.67 bits per heavy atom. The van der Waals surface area contributed by atoms with Crippen molar-refractivity contribution in [1.29, 1.82) is 0 Å². The van der Waals surface area contributed by atoms with E-state index < -0.39 is 9.84 Å². The van der Waals surface area contributed by atoms with Gasteiger partial charge in [0.1, 0.15) is 0 Å². The van der Waals surface area contributed by atoms with Gasteiger partial charge in [-0.2, -0.15) is 0 Å². The van der Waals surface area contributed by atoms with Gasteiger partial charge in [-0.05, 0) is 25.2 Å². The largest absolute Gasteiger partial charge is 0.369 e. The van der Waals surface area contributed by atoms with Crippen LogP contribution in [0.25, 0.3) is 0 Å². The lowest BCUT2D eigenvalue weighted by Crippen LogP contribution is -2.32. The summed E-state index contributed by atoms with van der Waals surface area (Å²) in [6.07, 6.45) is 4.49. The zero-order valence-corrected chi connectivity index (χ0v) is 9.87. The Labute approximate surface area is 91.1 Å². The van der Waals surface area contributed by atoms with Crippen LogP contribution in [0.15, 0.2) is 0 Å². The van der Waals surface area contributed by atoms with E-state index in [1.807, 2.05) is 6.92 Å². The number of rotatable bonds is 4. The van der Waals surface area contributed by atoms with E-state index in [-0.39, 0.29) is 5.25 Å². The second kappa shape index (κ2) is 3.20. The molecular weight excluding hydrogens is 212 g/mol. The van der Waals surface area contributed by atoms with Gasteiger partial charge in [0.05, 0.1) is 23.2 Å². The van der Waals surface area contributed by atoms with E-state index in [1.54, 1.807) is 0 Å². The lowest BCUT2D eigenvalue weighted by atomic mass is 10.0. The van der Waals surface area contributed by atoms with E-state index >= 15 is 0 Å². The molecule has 3 fully saturated rings. The molecular formula is C11H18O3S. The monoisotopic (exact) mass is 230 g/mol. The number of fused-ring (bicyclic) bond motifs is 5. The smallest absolute Gasteiger partial charge is 0.153 e. The number of epoxide rings is 1. The Balaban J connectivity index is 1.73. The molecule has 1 aliphatic heterocycles. The molecule has 3 nitrogen and oxygen atoms in total. The highest BCUT2D eigenvalue weighted by atomic mass is 32.2. The standard InChI is InChI=1S/C11H18O3S/c1-2-3-4-15(12,13)9-6-7-5-8(9)11-10(7)14-11/h7-11H,2-6H2,1H3. The summed E-state index contributed by atoms with van der Waals surface area (Å²) in [5.74, 6) is 1.28. The molecule has 0 N–H and O–H groups in total. The third-order valence-corrected chi connectivity index (χ3v) is 6.60. The number of sulfone groups is 1. The molecule has 5 atom stereocenters. The zero-order valence-electron chi connectivity index (χ0n) is 9.06. The maximum Gasteiger partial charge on any atom is 0.153 e. The maximum atomic E-state index is 12.1. The molecule has 2 bridgehead atoms. The molecule has 4 heteroatoms. The average Bonchev–Trinajstić information content (AvgIpc) is 2.81. The van der Waals surface area contributed by atoms with Gasteiger partial charge in [0, 0.05) is 5.92 Å². The summed E-state index contributed by atoms with van der Waals surface area (Å²) in [5, 5.41) is -0.0715. The predicted octanol–water partition coefficient (Wildman–Crippen LogP) is 1.38. The number of ether oxygens (including phenoxy) is 1. The summed E-state index contributed by atoms with van der Waals surface area (Å²) >= 11 is 0. The molecule has 15 heavy (non-hydrogen) atoms. The van der Waals surface area contributed by atoms with Crippen LogP contribution in [0.2, 0.25) is 0 Å². The number of hydrogen-bond donors (Lipinski definition) is 0. The number of hydrogen-bond acceptors (Lipinski definition) is 3. The van der Waals surface area contributed by atoms with Crippen molar-refractivity contribution in [2.24, 2.45) is 11.8 Å². The first-order valence-corrected chi connectivity index (χ1v) is 7.72. The van der Waals surface area contributed by atoms with Crippen LogP contribution in [0.5, 0.6) is 0 Å². The fourth-order valence-electron chi connectivity index (χ4n) is 3.45. The first-order chi connectivity index (χ1) is 7.13. The van der Waals surface area contributed by atoms with Crippen molar-refractivity contribution in [1.82, 2.24) is 0 Å². The Morgan fingerprint density at radius 2 is 2.07 bits per heavy atom. The van der Waals surface area contributed by atoms with Crippen LogP contribution >= 0.6 is 0 Å². The minimum atomic E-state index is -2.84. The van der Waals surface area contributed by atoms with Crippen LogP contribution in [-0.2, 0) is 14.6 Å². The van der Waals surface area contributed by atoms with Gasteiger partial charge in [-0.3, -0.25) is 0 Å². The van der Waals surface area contributed by atoms with Crippen molar-refractivity contribution < 1.29 is 13.2 Å². The SMILES string of the molecule is CCCCS(=O)(=O)C1CC2CC1C1OC21. The molecule has 0 aromatic heterocycles. The van der Waals surface area contributed by atoms with Gasteiger partial charge in [0.15, 0.2) is 9.84 Å². The Bertz CT molecular complexity index is 362. The minimum absolute atomic E-state index is 0.0715. The second-order valence-electron chi connectivity index (χ2n) is 5.22. The summed E-state index contributed by atoms with van der Waals surface area (Å²) in [7, 11) is -2.84. The normalized spacial score (nSPS) is 46.9. The summed E-state index contributed by atoms with van der Waals surface area (Å²) in [6, 6.07) is 0. The van der Waals surface area contributed by atoms with Crippen LogP contribution in [0.1, 0.15) is 32.6 Å². The molecule has 0 aromatic carbocycles. The Hall–Kier alpha value is -0.0900. The van der Waals surface area contributed by atoms with Crippen LogP contribution in [0.3, 0.4) is 0 Å². The third-order valence-electron chi connectivity index (χ3n) is 4.28. The van der Waals surface area contributed by atoms with E-state index in [0.29, 0.717) is 29.8 Å². The van der Waals surface area contributed by atoms with Gasteiger partial charge in [-0.15, -0.1) is 0 Å². The molecule has 0 amide bonds. The lowest BCUT2D eigenvalue weighted by Gasteiger charge is -2.19. The molecule has 3 aliphatic rings. The molecule has 0 radical (unpaired) electrons. The highest BCUT2D eigenvalue weighted by Gasteiger charge is 2.65. The van der Waals surface area contributed by atoms with Gasteiger partial charge in [-0.25, -0.2) is 8.42 Å². The van der Waals surface area contributed by atoms with Gasteiger partial charge in [0.2, 0.25) is 0 Å². The molecule has 2 saturated carbocycles. The molecule has 86 valence electrons. The number of unbranched alkanes of at least 4 members (excludes halogenated alkanes) is 1. The molecule has 3 rings (SSSR count). The average molecular weight is 230 g/mol. The van der Waals surface area contributed by atoms with Crippen molar-refractivity contribution >= 4 is 9.84 Å². The second-order valence-corrected chi connectivity index (χ2v) is 7.56. The quantitative estimate of drug-likeness (QED) is 0.685.